The first-order valence-electron chi connectivity index (χ1n) is 6.45. The van der Waals surface area contributed by atoms with Crippen molar-refractivity contribution in [3.05, 3.63) is 46.7 Å². The van der Waals surface area contributed by atoms with Crippen LogP contribution in [0.5, 0.6) is 0 Å². The topological polar surface area (TPSA) is 68.8 Å². The van der Waals surface area contributed by atoms with E-state index < -0.39 is 23.7 Å². The molecule has 1 aromatic rings. The van der Waals surface area contributed by atoms with Crippen LogP contribution in [0, 0.1) is 11.6 Å². The van der Waals surface area contributed by atoms with Gasteiger partial charge in [-0.1, -0.05) is 6.07 Å². The molecule has 1 aromatic carbocycles. The van der Waals surface area contributed by atoms with Crippen LogP contribution in [0.1, 0.15) is 11.6 Å². The smallest absolute Gasteiger partial charge is 0.319 e. The van der Waals surface area contributed by atoms with Gasteiger partial charge in [-0.05, 0) is 17.7 Å². The molecule has 2 rings (SSSR count). The molecular weight excluding hydrogens is 298 g/mol. The maximum Gasteiger partial charge on any atom is 0.319 e. The van der Waals surface area contributed by atoms with E-state index in [-0.39, 0.29) is 13.2 Å². The van der Waals surface area contributed by atoms with Gasteiger partial charge in [0.15, 0.2) is 11.6 Å². The molecule has 6 nitrogen and oxygen atoms in total. The van der Waals surface area contributed by atoms with Crippen molar-refractivity contribution in [1.29, 1.82) is 0 Å². The standard InChI is InChI=1S/C14H16F2N2O4/c1-20-7-12-9(6-22-21-2)13(18-14(19)17-12)8-3-4-10(15)11(16)5-8/h3-5,13H,6-7H2,1-2H3,(H2,17,18,19). The zero-order chi connectivity index (χ0) is 16.1. The monoisotopic (exact) mass is 314 g/mol. The van der Waals surface area contributed by atoms with Gasteiger partial charge in [0, 0.05) is 18.4 Å². The van der Waals surface area contributed by atoms with Crippen LogP contribution in [0.15, 0.2) is 29.5 Å². The average Bonchev–Trinajstić information content (AvgIpc) is 2.49. The molecule has 0 fully saturated rings. The summed E-state index contributed by atoms with van der Waals surface area (Å²) in [6.07, 6.45) is 0. The maximum atomic E-state index is 13.5. The van der Waals surface area contributed by atoms with Crippen LogP contribution in [0.25, 0.3) is 0 Å². The first kappa shape index (κ1) is 16.3. The van der Waals surface area contributed by atoms with E-state index in [2.05, 4.69) is 15.5 Å². The second-order valence-corrected chi connectivity index (χ2v) is 4.57. The number of rotatable bonds is 6. The third-order valence-electron chi connectivity index (χ3n) is 3.17. The van der Waals surface area contributed by atoms with Crippen LogP contribution in [-0.2, 0) is 14.5 Å². The summed E-state index contributed by atoms with van der Waals surface area (Å²) in [4.78, 5) is 21.2. The Kier molecular flexibility index (Phi) is 5.42. The van der Waals surface area contributed by atoms with Gasteiger partial charge in [0.2, 0.25) is 0 Å². The Balaban J connectivity index is 2.41. The average molecular weight is 314 g/mol. The molecule has 0 bridgehead atoms. The van der Waals surface area contributed by atoms with Crippen LogP contribution < -0.4 is 10.6 Å². The lowest BCUT2D eigenvalue weighted by molar-refractivity contribution is -0.266. The zero-order valence-corrected chi connectivity index (χ0v) is 12.1. The highest BCUT2D eigenvalue weighted by molar-refractivity contribution is 5.79. The maximum absolute atomic E-state index is 13.5. The van der Waals surface area contributed by atoms with Crippen molar-refractivity contribution < 1.29 is 28.1 Å². The molecule has 1 atom stereocenters. The van der Waals surface area contributed by atoms with E-state index in [9.17, 15) is 13.6 Å². The molecule has 8 heteroatoms. The minimum Gasteiger partial charge on any atom is -0.378 e. The van der Waals surface area contributed by atoms with E-state index in [0.717, 1.165) is 12.1 Å². The van der Waals surface area contributed by atoms with E-state index in [0.29, 0.717) is 16.8 Å². The number of urea groups is 1. The Labute approximate surface area is 126 Å². The van der Waals surface area contributed by atoms with Gasteiger partial charge in [-0.15, -0.1) is 0 Å². The molecule has 0 spiro atoms. The molecular formula is C14H16F2N2O4. The van der Waals surface area contributed by atoms with E-state index in [1.165, 1.54) is 20.3 Å². The molecule has 0 saturated heterocycles. The summed E-state index contributed by atoms with van der Waals surface area (Å²) < 4.78 is 31.6. The van der Waals surface area contributed by atoms with Crippen molar-refractivity contribution in [2.45, 2.75) is 6.04 Å². The summed E-state index contributed by atoms with van der Waals surface area (Å²) in [5.41, 5.74) is 1.46. The lowest BCUT2D eigenvalue weighted by atomic mass is 9.96. The Morgan fingerprint density at radius 3 is 2.59 bits per heavy atom. The normalized spacial score (nSPS) is 18.2. The van der Waals surface area contributed by atoms with Crippen molar-refractivity contribution in [3.8, 4) is 0 Å². The van der Waals surface area contributed by atoms with E-state index in [4.69, 9.17) is 9.62 Å². The third-order valence-corrected chi connectivity index (χ3v) is 3.17. The predicted molar refractivity (Wildman–Crippen MR) is 72.6 cm³/mol. The van der Waals surface area contributed by atoms with Gasteiger partial charge in [-0.2, -0.15) is 0 Å². The van der Waals surface area contributed by atoms with Crippen LogP contribution >= 0.6 is 0 Å². The number of hydrogen-bond donors (Lipinski definition) is 2. The minimum atomic E-state index is -0.995. The van der Waals surface area contributed by atoms with E-state index >= 15 is 0 Å². The molecule has 0 aromatic heterocycles. The van der Waals surface area contributed by atoms with Crippen molar-refractivity contribution in [3.63, 3.8) is 0 Å². The summed E-state index contributed by atoms with van der Waals surface area (Å²) in [7, 11) is 2.82. The fraction of sp³-hybridized carbons (Fsp3) is 0.357. The highest BCUT2D eigenvalue weighted by Gasteiger charge is 2.29. The van der Waals surface area contributed by atoms with Crippen LogP contribution in [0.2, 0.25) is 0 Å². The second kappa shape index (κ2) is 7.30. The number of benzene rings is 1. The van der Waals surface area contributed by atoms with Crippen molar-refractivity contribution >= 4 is 6.03 Å². The number of methoxy groups -OCH3 is 1. The van der Waals surface area contributed by atoms with E-state index in [1.54, 1.807) is 0 Å². The molecule has 1 aliphatic rings. The highest BCUT2D eigenvalue weighted by atomic mass is 19.2. The number of nitrogens with one attached hydrogen (secondary N) is 2. The minimum absolute atomic E-state index is 0.0200. The summed E-state index contributed by atoms with van der Waals surface area (Å²) in [5.74, 6) is -1.95. The number of carbonyl (C=O) groups excluding carboxylic acids is 1. The Morgan fingerprint density at radius 2 is 1.95 bits per heavy atom. The summed E-state index contributed by atoms with van der Waals surface area (Å²) in [6, 6.07) is 2.28. The fourth-order valence-electron chi connectivity index (χ4n) is 2.19. The predicted octanol–water partition coefficient (Wildman–Crippen LogP) is 1.80. The first-order chi connectivity index (χ1) is 10.6. The van der Waals surface area contributed by atoms with Gasteiger partial charge in [-0.25, -0.2) is 23.4 Å². The number of ether oxygens (including phenoxy) is 1. The van der Waals surface area contributed by atoms with Crippen LogP contribution in [0.3, 0.4) is 0 Å². The Morgan fingerprint density at radius 1 is 1.18 bits per heavy atom. The van der Waals surface area contributed by atoms with Gasteiger partial charge >= 0.3 is 6.03 Å². The summed E-state index contributed by atoms with van der Waals surface area (Å²) >= 11 is 0. The molecule has 2 N–H and O–H groups in total. The number of halogens is 2. The van der Waals surface area contributed by atoms with Crippen molar-refractivity contribution in [2.24, 2.45) is 0 Å². The molecule has 2 amide bonds. The van der Waals surface area contributed by atoms with E-state index in [1.807, 2.05) is 0 Å². The molecule has 0 radical (unpaired) electrons. The third kappa shape index (κ3) is 3.59. The second-order valence-electron chi connectivity index (χ2n) is 4.57. The number of amides is 2. The molecule has 1 unspecified atom stereocenters. The molecule has 1 heterocycles. The summed E-state index contributed by atoms with van der Waals surface area (Å²) in [6.45, 7) is 0.155. The molecule has 1 aliphatic heterocycles. The van der Waals surface area contributed by atoms with Crippen molar-refractivity contribution in [2.75, 3.05) is 27.4 Å². The van der Waals surface area contributed by atoms with Gasteiger partial charge in [0.25, 0.3) is 0 Å². The zero-order valence-electron chi connectivity index (χ0n) is 12.1. The number of hydrogen-bond acceptors (Lipinski definition) is 4. The lowest BCUT2D eigenvalue weighted by Gasteiger charge is -2.30. The first-order valence-corrected chi connectivity index (χ1v) is 6.45. The van der Waals surface area contributed by atoms with Gasteiger partial charge in [-0.3, -0.25) is 0 Å². The fourth-order valence-corrected chi connectivity index (χ4v) is 2.19. The lowest BCUT2D eigenvalue weighted by Crippen LogP contribution is -2.46. The Hall–Kier alpha value is -2.03. The SMILES string of the molecule is COCC1=C(COOC)C(c2ccc(F)c(F)c2)NC(=O)N1. The molecule has 0 aliphatic carbocycles. The summed E-state index contributed by atoms with van der Waals surface area (Å²) in [5, 5.41) is 5.24. The Bertz CT molecular complexity index is 592. The van der Waals surface area contributed by atoms with Gasteiger partial charge < -0.3 is 15.4 Å². The largest absolute Gasteiger partial charge is 0.378 e. The van der Waals surface area contributed by atoms with Gasteiger partial charge in [0.1, 0.15) is 6.61 Å². The molecule has 0 saturated carbocycles. The van der Waals surface area contributed by atoms with Gasteiger partial charge in [0.05, 0.1) is 19.8 Å². The quantitative estimate of drug-likeness (QED) is 0.620. The van der Waals surface area contributed by atoms with Crippen LogP contribution in [-0.4, -0.2) is 33.5 Å². The van der Waals surface area contributed by atoms with Crippen LogP contribution in [0.4, 0.5) is 13.6 Å². The van der Waals surface area contributed by atoms with Crippen molar-refractivity contribution in [1.82, 2.24) is 10.6 Å². The number of carbonyl (C=O) groups is 1. The molecule has 22 heavy (non-hydrogen) atoms. The highest BCUT2D eigenvalue weighted by Crippen LogP contribution is 2.28. The molecule has 120 valence electrons.